The monoisotopic (exact) mass is 263 g/mol. The van der Waals surface area contributed by atoms with Gasteiger partial charge in [0.05, 0.1) is 14.2 Å². The van der Waals surface area contributed by atoms with Crippen LogP contribution in [0.3, 0.4) is 0 Å². The van der Waals surface area contributed by atoms with Crippen LogP contribution in [0, 0.1) is 6.92 Å². The molecule has 19 heavy (non-hydrogen) atoms. The van der Waals surface area contributed by atoms with Gasteiger partial charge in [-0.2, -0.15) is 0 Å². The summed E-state index contributed by atoms with van der Waals surface area (Å²) in [6.07, 6.45) is 1.59. The van der Waals surface area contributed by atoms with Crippen molar-refractivity contribution in [2.75, 3.05) is 14.2 Å². The van der Waals surface area contributed by atoms with E-state index in [0.29, 0.717) is 29.9 Å². The average Bonchev–Trinajstić information content (AvgIpc) is 2.44. The molecular weight excluding hydrogens is 244 g/mol. The molecular formula is C15H19O4. The number of benzene rings is 1. The molecule has 0 N–H and O–H groups in total. The third kappa shape index (κ3) is 4.39. The summed E-state index contributed by atoms with van der Waals surface area (Å²) in [4.78, 5) is 23.4. The molecule has 0 unspecified atom stereocenters. The van der Waals surface area contributed by atoms with Crippen LogP contribution in [0.5, 0.6) is 11.5 Å². The summed E-state index contributed by atoms with van der Waals surface area (Å²) in [5, 5.41) is 0. The molecule has 0 amide bonds. The number of ether oxygens (including phenoxy) is 2. The number of carbonyl (C=O) groups is 2. The second kappa shape index (κ2) is 7.56. The van der Waals surface area contributed by atoms with Gasteiger partial charge >= 0.3 is 0 Å². The molecule has 1 radical (unpaired) electrons. The van der Waals surface area contributed by atoms with Crippen molar-refractivity contribution in [3.05, 3.63) is 30.7 Å². The SMILES string of the molecule is [CH2]CCCC(=O)C(=O)Cc1cc(OC)ccc1OC. The van der Waals surface area contributed by atoms with Gasteiger partial charge in [-0.15, -0.1) is 0 Å². The van der Waals surface area contributed by atoms with Crippen molar-refractivity contribution in [2.45, 2.75) is 25.7 Å². The molecule has 0 saturated heterocycles. The van der Waals surface area contributed by atoms with E-state index < -0.39 is 5.78 Å². The Bertz CT molecular complexity index is 451. The van der Waals surface area contributed by atoms with Crippen molar-refractivity contribution in [2.24, 2.45) is 0 Å². The summed E-state index contributed by atoms with van der Waals surface area (Å²) in [6.45, 7) is 3.65. The molecule has 1 rings (SSSR count). The molecule has 0 aromatic heterocycles. The van der Waals surface area contributed by atoms with Crippen LogP contribution in [0.2, 0.25) is 0 Å². The van der Waals surface area contributed by atoms with Crippen LogP contribution in [0.15, 0.2) is 18.2 Å². The molecule has 0 heterocycles. The Kier molecular flexibility index (Phi) is 6.06. The highest BCUT2D eigenvalue weighted by Crippen LogP contribution is 2.24. The van der Waals surface area contributed by atoms with Crippen LogP contribution in [0.1, 0.15) is 24.8 Å². The normalized spacial score (nSPS) is 10.1. The molecule has 0 aliphatic carbocycles. The maximum Gasteiger partial charge on any atom is 0.202 e. The van der Waals surface area contributed by atoms with Crippen LogP contribution >= 0.6 is 0 Å². The van der Waals surface area contributed by atoms with E-state index in [-0.39, 0.29) is 18.6 Å². The third-order valence-corrected chi connectivity index (χ3v) is 2.80. The molecule has 0 aliphatic heterocycles. The highest BCUT2D eigenvalue weighted by atomic mass is 16.5. The van der Waals surface area contributed by atoms with Crippen LogP contribution in [-0.2, 0) is 16.0 Å². The van der Waals surface area contributed by atoms with E-state index in [4.69, 9.17) is 9.47 Å². The second-order valence-corrected chi connectivity index (χ2v) is 4.16. The van der Waals surface area contributed by atoms with Crippen LogP contribution in [-0.4, -0.2) is 25.8 Å². The van der Waals surface area contributed by atoms with Gasteiger partial charge in [-0.1, -0.05) is 13.3 Å². The lowest BCUT2D eigenvalue weighted by Crippen LogP contribution is -2.16. The Morgan fingerprint density at radius 2 is 1.89 bits per heavy atom. The summed E-state index contributed by atoms with van der Waals surface area (Å²) >= 11 is 0. The maximum absolute atomic E-state index is 11.8. The molecule has 4 nitrogen and oxygen atoms in total. The smallest absolute Gasteiger partial charge is 0.202 e. The first kappa shape index (κ1) is 15.2. The standard InChI is InChI=1S/C15H19O4/c1-4-5-6-13(16)14(17)10-11-9-12(18-2)7-8-15(11)19-3/h7-9H,1,4-6,10H2,2-3H3. The van der Waals surface area contributed by atoms with Gasteiger partial charge in [-0.3, -0.25) is 9.59 Å². The minimum absolute atomic E-state index is 0.0380. The fraction of sp³-hybridized carbons (Fsp3) is 0.400. The van der Waals surface area contributed by atoms with Gasteiger partial charge in [-0.25, -0.2) is 0 Å². The van der Waals surface area contributed by atoms with Crippen molar-refractivity contribution in [1.29, 1.82) is 0 Å². The lowest BCUT2D eigenvalue weighted by Gasteiger charge is -2.09. The van der Waals surface area contributed by atoms with Gasteiger partial charge in [0.1, 0.15) is 11.5 Å². The number of rotatable bonds is 8. The van der Waals surface area contributed by atoms with Gasteiger partial charge in [0.2, 0.25) is 5.78 Å². The van der Waals surface area contributed by atoms with Crippen molar-refractivity contribution in [1.82, 2.24) is 0 Å². The van der Waals surface area contributed by atoms with Gasteiger partial charge in [0.15, 0.2) is 5.78 Å². The van der Waals surface area contributed by atoms with E-state index in [1.54, 1.807) is 25.3 Å². The number of hydrogen-bond donors (Lipinski definition) is 0. The van der Waals surface area contributed by atoms with Gasteiger partial charge < -0.3 is 9.47 Å². The Balaban J connectivity index is 2.79. The highest BCUT2D eigenvalue weighted by molar-refractivity contribution is 6.37. The lowest BCUT2D eigenvalue weighted by molar-refractivity contribution is -0.136. The molecule has 0 saturated carbocycles. The number of hydrogen-bond acceptors (Lipinski definition) is 4. The van der Waals surface area contributed by atoms with Crippen molar-refractivity contribution in [3.8, 4) is 11.5 Å². The van der Waals surface area contributed by atoms with E-state index in [1.165, 1.54) is 7.11 Å². The Morgan fingerprint density at radius 3 is 2.47 bits per heavy atom. The number of ketones is 2. The fourth-order valence-corrected chi connectivity index (χ4v) is 1.72. The minimum Gasteiger partial charge on any atom is -0.497 e. The lowest BCUT2D eigenvalue weighted by atomic mass is 10.0. The van der Waals surface area contributed by atoms with E-state index in [1.807, 2.05) is 0 Å². The Labute approximate surface area is 113 Å². The first-order chi connectivity index (χ1) is 9.12. The number of methoxy groups -OCH3 is 2. The zero-order chi connectivity index (χ0) is 14.3. The summed E-state index contributed by atoms with van der Waals surface area (Å²) in [6, 6.07) is 5.19. The molecule has 0 aliphatic rings. The number of Topliss-reactive ketones (excluding diaryl/α,β-unsaturated/α-hetero) is 2. The van der Waals surface area contributed by atoms with E-state index in [2.05, 4.69) is 6.92 Å². The molecule has 0 bridgehead atoms. The topological polar surface area (TPSA) is 52.6 Å². The predicted octanol–water partition coefficient (Wildman–Crippen LogP) is 2.39. The Morgan fingerprint density at radius 1 is 1.16 bits per heavy atom. The van der Waals surface area contributed by atoms with Crippen molar-refractivity contribution in [3.63, 3.8) is 0 Å². The van der Waals surface area contributed by atoms with Gasteiger partial charge in [0, 0.05) is 18.4 Å². The zero-order valence-corrected chi connectivity index (χ0v) is 11.4. The Hall–Kier alpha value is -1.84. The maximum atomic E-state index is 11.8. The second-order valence-electron chi connectivity index (χ2n) is 4.16. The van der Waals surface area contributed by atoms with E-state index >= 15 is 0 Å². The summed E-state index contributed by atoms with van der Waals surface area (Å²) in [5.74, 6) is 0.460. The third-order valence-electron chi connectivity index (χ3n) is 2.80. The van der Waals surface area contributed by atoms with E-state index in [0.717, 1.165) is 0 Å². The molecule has 1 aromatic carbocycles. The van der Waals surface area contributed by atoms with Gasteiger partial charge in [-0.05, 0) is 24.6 Å². The largest absolute Gasteiger partial charge is 0.497 e. The minimum atomic E-state index is -0.403. The quantitative estimate of drug-likeness (QED) is 0.676. The fourth-order valence-electron chi connectivity index (χ4n) is 1.72. The number of unbranched alkanes of at least 4 members (excludes halogenated alkanes) is 1. The van der Waals surface area contributed by atoms with Crippen LogP contribution in [0.4, 0.5) is 0 Å². The zero-order valence-electron chi connectivity index (χ0n) is 11.4. The molecule has 0 spiro atoms. The first-order valence-corrected chi connectivity index (χ1v) is 6.18. The molecule has 0 fully saturated rings. The summed E-state index contributed by atoms with van der Waals surface area (Å²) in [7, 11) is 3.08. The highest BCUT2D eigenvalue weighted by Gasteiger charge is 2.16. The van der Waals surface area contributed by atoms with Crippen molar-refractivity contribution >= 4 is 11.6 Å². The number of carbonyl (C=O) groups excluding carboxylic acids is 2. The van der Waals surface area contributed by atoms with Crippen molar-refractivity contribution < 1.29 is 19.1 Å². The van der Waals surface area contributed by atoms with E-state index in [9.17, 15) is 9.59 Å². The summed E-state index contributed by atoms with van der Waals surface area (Å²) in [5.41, 5.74) is 0.662. The molecule has 1 aromatic rings. The van der Waals surface area contributed by atoms with Crippen LogP contribution in [0.25, 0.3) is 0 Å². The average molecular weight is 263 g/mol. The first-order valence-electron chi connectivity index (χ1n) is 6.18. The molecule has 4 heteroatoms. The van der Waals surface area contributed by atoms with Crippen LogP contribution < -0.4 is 9.47 Å². The summed E-state index contributed by atoms with van der Waals surface area (Å²) < 4.78 is 10.3. The molecule has 103 valence electrons. The predicted molar refractivity (Wildman–Crippen MR) is 72.5 cm³/mol. The van der Waals surface area contributed by atoms with Gasteiger partial charge in [0.25, 0.3) is 0 Å². The molecule has 0 atom stereocenters.